The Balaban J connectivity index is 2.31. The minimum absolute atomic E-state index is 0.329. The predicted molar refractivity (Wildman–Crippen MR) is 70.5 cm³/mol. The highest BCUT2D eigenvalue weighted by molar-refractivity contribution is 6.34. The van der Waals surface area contributed by atoms with E-state index in [4.69, 9.17) is 11.6 Å². The first-order chi connectivity index (χ1) is 8.99. The van der Waals surface area contributed by atoms with Crippen LogP contribution in [0, 0.1) is 18.6 Å². The lowest BCUT2D eigenvalue weighted by atomic mass is 10.1. The molecule has 0 aromatic heterocycles. The van der Waals surface area contributed by atoms with E-state index in [9.17, 15) is 13.6 Å². The van der Waals surface area contributed by atoms with Crippen molar-refractivity contribution in [3.8, 4) is 0 Å². The minimum atomic E-state index is -1.18. The molecule has 0 atom stereocenters. The van der Waals surface area contributed by atoms with Gasteiger partial charge in [0.25, 0.3) is 5.91 Å². The second kappa shape index (κ2) is 5.36. The van der Waals surface area contributed by atoms with E-state index in [2.05, 4.69) is 5.32 Å². The van der Waals surface area contributed by atoms with E-state index in [0.717, 1.165) is 11.6 Å². The van der Waals surface area contributed by atoms with E-state index in [0.29, 0.717) is 10.7 Å². The summed E-state index contributed by atoms with van der Waals surface area (Å²) in [5.41, 5.74) is 0.882. The molecule has 5 heteroatoms. The van der Waals surface area contributed by atoms with Crippen LogP contribution in [0.4, 0.5) is 14.5 Å². The SMILES string of the molecule is Cc1ccc(Cl)c(NC(=O)c2cccc(F)c2F)c1. The molecule has 0 aliphatic carbocycles. The van der Waals surface area contributed by atoms with E-state index >= 15 is 0 Å². The number of aryl methyl sites for hydroxylation is 1. The van der Waals surface area contributed by atoms with E-state index in [-0.39, 0.29) is 5.56 Å². The second-order valence-electron chi connectivity index (χ2n) is 4.04. The van der Waals surface area contributed by atoms with Crippen molar-refractivity contribution in [3.63, 3.8) is 0 Å². The Hall–Kier alpha value is -1.94. The fraction of sp³-hybridized carbons (Fsp3) is 0.0714. The number of carbonyl (C=O) groups is 1. The lowest BCUT2D eigenvalue weighted by Crippen LogP contribution is -2.14. The van der Waals surface area contributed by atoms with E-state index in [1.165, 1.54) is 12.1 Å². The first kappa shape index (κ1) is 13.5. The quantitative estimate of drug-likeness (QED) is 0.879. The molecule has 0 fully saturated rings. The zero-order valence-electron chi connectivity index (χ0n) is 10.0. The third-order valence-electron chi connectivity index (χ3n) is 2.57. The Morgan fingerprint density at radius 2 is 1.95 bits per heavy atom. The minimum Gasteiger partial charge on any atom is -0.321 e. The second-order valence-corrected chi connectivity index (χ2v) is 4.45. The van der Waals surface area contributed by atoms with Gasteiger partial charge in [0.2, 0.25) is 0 Å². The van der Waals surface area contributed by atoms with Gasteiger partial charge in [-0.1, -0.05) is 23.7 Å². The molecular weight excluding hydrogens is 272 g/mol. The Labute approximate surface area is 114 Å². The van der Waals surface area contributed by atoms with Crippen LogP contribution in [0.25, 0.3) is 0 Å². The fourth-order valence-corrected chi connectivity index (χ4v) is 1.77. The number of carbonyl (C=O) groups excluding carboxylic acids is 1. The molecule has 98 valence electrons. The van der Waals surface area contributed by atoms with E-state index in [1.54, 1.807) is 18.2 Å². The number of anilines is 1. The van der Waals surface area contributed by atoms with Crippen LogP contribution in [0.1, 0.15) is 15.9 Å². The molecular formula is C14H10ClF2NO. The smallest absolute Gasteiger partial charge is 0.258 e. The van der Waals surface area contributed by atoms with Crippen LogP contribution in [0.15, 0.2) is 36.4 Å². The first-order valence-corrected chi connectivity index (χ1v) is 5.88. The van der Waals surface area contributed by atoms with Crippen LogP contribution >= 0.6 is 11.6 Å². The third-order valence-corrected chi connectivity index (χ3v) is 2.90. The monoisotopic (exact) mass is 281 g/mol. The van der Waals surface area contributed by atoms with Crippen LogP contribution in [-0.4, -0.2) is 5.91 Å². The highest BCUT2D eigenvalue weighted by Crippen LogP contribution is 2.24. The van der Waals surface area contributed by atoms with Gasteiger partial charge in [0, 0.05) is 0 Å². The Morgan fingerprint density at radius 3 is 2.68 bits per heavy atom. The van der Waals surface area contributed by atoms with Crippen LogP contribution < -0.4 is 5.32 Å². The average molecular weight is 282 g/mol. The lowest BCUT2D eigenvalue weighted by Gasteiger charge is -2.09. The molecule has 2 aromatic rings. The van der Waals surface area contributed by atoms with Crippen LogP contribution in [0.2, 0.25) is 5.02 Å². The zero-order chi connectivity index (χ0) is 14.0. The summed E-state index contributed by atoms with van der Waals surface area (Å²) in [5.74, 6) is -2.99. The predicted octanol–water partition coefficient (Wildman–Crippen LogP) is 4.18. The molecule has 1 amide bonds. The summed E-state index contributed by atoms with van der Waals surface area (Å²) < 4.78 is 26.5. The van der Waals surface area contributed by atoms with Gasteiger partial charge in [0.15, 0.2) is 11.6 Å². The maximum Gasteiger partial charge on any atom is 0.258 e. The van der Waals surface area contributed by atoms with Crippen molar-refractivity contribution < 1.29 is 13.6 Å². The highest BCUT2D eigenvalue weighted by Gasteiger charge is 2.16. The molecule has 2 nitrogen and oxygen atoms in total. The van der Waals surface area contributed by atoms with Gasteiger partial charge in [0.05, 0.1) is 16.3 Å². The summed E-state index contributed by atoms with van der Waals surface area (Å²) in [6.07, 6.45) is 0. The number of rotatable bonds is 2. The van der Waals surface area contributed by atoms with Crippen LogP contribution in [-0.2, 0) is 0 Å². The summed E-state index contributed by atoms with van der Waals surface area (Å²) in [4.78, 5) is 11.9. The lowest BCUT2D eigenvalue weighted by molar-refractivity contribution is 0.102. The maximum absolute atomic E-state index is 13.5. The largest absolute Gasteiger partial charge is 0.321 e. The van der Waals surface area contributed by atoms with Gasteiger partial charge in [-0.15, -0.1) is 0 Å². The zero-order valence-corrected chi connectivity index (χ0v) is 10.8. The number of nitrogens with one attached hydrogen (secondary N) is 1. The molecule has 2 rings (SSSR count). The van der Waals surface area contributed by atoms with Crippen molar-refractivity contribution in [2.75, 3.05) is 5.32 Å². The van der Waals surface area contributed by atoms with Gasteiger partial charge in [-0.05, 0) is 36.8 Å². The van der Waals surface area contributed by atoms with Crippen molar-refractivity contribution in [2.24, 2.45) is 0 Å². The molecule has 0 saturated heterocycles. The van der Waals surface area contributed by atoms with Crippen molar-refractivity contribution in [2.45, 2.75) is 6.92 Å². The normalized spacial score (nSPS) is 10.3. The summed E-state index contributed by atoms with van der Waals surface area (Å²) in [6, 6.07) is 8.47. The van der Waals surface area contributed by atoms with Crippen LogP contribution in [0.5, 0.6) is 0 Å². The van der Waals surface area contributed by atoms with Crippen molar-refractivity contribution in [1.82, 2.24) is 0 Å². The average Bonchev–Trinajstić information content (AvgIpc) is 2.37. The van der Waals surface area contributed by atoms with Gasteiger partial charge in [-0.3, -0.25) is 4.79 Å². The Kier molecular flexibility index (Phi) is 3.81. The first-order valence-electron chi connectivity index (χ1n) is 5.50. The Morgan fingerprint density at radius 1 is 1.21 bits per heavy atom. The molecule has 0 saturated carbocycles. The van der Waals surface area contributed by atoms with Gasteiger partial charge in [0.1, 0.15) is 0 Å². The summed E-state index contributed by atoms with van der Waals surface area (Å²) in [6.45, 7) is 1.83. The molecule has 1 N–H and O–H groups in total. The molecule has 0 aliphatic heterocycles. The third kappa shape index (κ3) is 2.90. The fourth-order valence-electron chi connectivity index (χ4n) is 1.60. The van der Waals surface area contributed by atoms with Gasteiger partial charge in [-0.25, -0.2) is 8.78 Å². The van der Waals surface area contributed by atoms with E-state index in [1.807, 2.05) is 6.92 Å². The number of halogens is 3. The van der Waals surface area contributed by atoms with Crippen LogP contribution in [0.3, 0.4) is 0 Å². The van der Waals surface area contributed by atoms with Crippen molar-refractivity contribution >= 4 is 23.2 Å². The number of benzene rings is 2. The molecule has 19 heavy (non-hydrogen) atoms. The van der Waals surface area contributed by atoms with Gasteiger partial charge >= 0.3 is 0 Å². The standard InChI is InChI=1S/C14H10ClF2NO/c1-8-5-6-10(15)12(7-8)18-14(19)9-3-2-4-11(16)13(9)17/h2-7H,1H3,(H,18,19). The number of hydrogen-bond acceptors (Lipinski definition) is 1. The highest BCUT2D eigenvalue weighted by atomic mass is 35.5. The molecule has 0 radical (unpaired) electrons. The maximum atomic E-state index is 13.5. The molecule has 0 unspecified atom stereocenters. The Bertz CT molecular complexity index is 643. The summed E-state index contributed by atoms with van der Waals surface area (Å²) in [5, 5.41) is 2.79. The molecule has 2 aromatic carbocycles. The molecule has 0 spiro atoms. The topological polar surface area (TPSA) is 29.1 Å². The molecule has 0 bridgehead atoms. The number of amides is 1. The molecule has 0 heterocycles. The van der Waals surface area contributed by atoms with Gasteiger partial charge in [-0.2, -0.15) is 0 Å². The van der Waals surface area contributed by atoms with E-state index < -0.39 is 17.5 Å². The van der Waals surface area contributed by atoms with Crippen molar-refractivity contribution in [1.29, 1.82) is 0 Å². The van der Waals surface area contributed by atoms with Gasteiger partial charge < -0.3 is 5.32 Å². The molecule has 0 aliphatic rings. The summed E-state index contributed by atoms with van der Waals surface area (Å²) in [7, 11) is 0. The van der Waals surface area contributed by atoms with Crippen molar-refractivity contribution in [3.05, 3.63) is 64.2 Å². The summed E-state index contributed by atoms with van der Waals surface area (Å²) >= 11 is 5.92. The number of hydrogen-bond donors (Lipinski definition) is 1.